The molecule has 1 aliphatic carbocycles. The van der Waals surface area contributed by atoms with Gasteiger partial charge in [-0.25, -0.2) is 0 Å². The number of ether oxygens (including phenoxy) is 1. The second-order valence-corrected chi connectivity index (χ2v) is 4.83. The highest BCUT2D eigenvalue weighted by molar-refractivity contribution is 5.77. The molecule has 2 atom stereocenters. The van der Waals surface area contributed by atoms with Crippen LogP contribution in [0.25, 0.3) is 0 Å². The van der Waals surface area contributed by atoms with Gasteiger partial charge in [0, 0.05) is 18.6 Å². The molecule has 94 valence electrons. The lowest BCUT2D eigenvalue weighted by Crippen LogP contribution is -2.45. The zero-order chi connectivity index (χ0) is 12.0. The molecule has 1 fully saturated rings. The van der Waals surface area contributed by atoms with Crippen molar-refractivity contribution < 1.29 is 14.6 Å². The monoisotopic (exact) mass is 229 g/mol. The first-order valence-corrected chi connectivity index (χ1v) is 6.11. The van der Waals surface area contributed by atoms with Crippen molar-refractivity contribution in [1.82, 2.24) is 5.32 Å². The Hall–Kier alpha value is -0.610. The van der Waals surface area contributed by atoms with Crippen LogP contribution in [0.15, 0.2) is 0 Å². The smallest absolute Gasteiger partial charge is 0.246 e. The standard InChI is InChI=1S/C12H23NO3/c1-3-16-8-11(15)13-9-12(2)7-5-4-6-10(12)14/h10,14H,3-9H2,1-2H3,(H,13,15)/t10-,12+/m1/s1. The summed E-state index contributed by atoms with van der Waals surface area (Å²) < 4.78 is 5.02. The molecule has 0 spiro atoms. The lowest BCUT2D eigenvalue weighted by molar-refractivity contribution is -0.126. The van der Waals surface area contributed by atoms with Crippen molar-refractivity contribution in [2.45, 2.75) is 45.6 Å². The van der Waals surface area contributed by atoms with E-state index >= 15 is 0 Å². The van der Waals surface area contributed by atoms with Gasteiger partial charge < -0.3 is 15.2 Å². The summed E-state index contributed by atoms with van der Waals surface area (Å²) in [6, 6.07) is 0. The van der Waals surface area contributed by atoms with E-state index in [1.807, 2.05) is 13.8 Å². The summed E-state index contributed by atoms with van der Waals surface area (Å²) >= 11 is 0. The first-order chi connectivity index (χ1) is 7.58. The van der Waals surface area contributed by atoms with Crippen molar-refractivity contribution in [2.75, 3.05) is 19.8 Å². The van der Waals surface area contributed by atoms with Crippen LogP contribution in [0.4, 0.5) is 0 Å². The van der Waals surface area contributed by atoms with Crippen LogP contribution in [-0.2, 0) is 9.53 Å². The first kappa shape index (κ1) is 13.5. The van der Waals surface area contributed by atoms with Crippen molar-refractivity contribution in [3.05, 3.63) is 0 Å². The Morgan fingerprint density at radius 1 is 1.56 bits per heavy atom. The van der Waals surface area contributed by atoms with E-state index in [9.17, 15) is 9.90 Å². The lowest BCUT2D eigenvalue weighted by atomic mass is 9.73. The number of aliphatic hydroxyl groups excluding tert-OH is 1. The Bertz CT molecular complexity index is 232. The molecule has 1 aliphatic rings. The highest BCUT2D eigenvalue weighted by atomic mass is 16.5. The second kappa shape index (κ2) is 6.21. The van der Waals surface area contributed by atoms with Crippen LogP contribution < -0.4 is 5.32 Å². The van der Waals surface area contributed by atoms with E-state index in [4.69, 9.17) is 4.74 Å². The third-order valence-electron chi connectivity index (χ3n) is 3.41. The predicted octanol–water partition coefficient (Wildman–Crippen LogP) is 1.08. The van der Waals surface area contributed by atoms with Crippen LogP contribution in [0.1, 0.15) is 39.5 Å². The van der Waals surface area contributed by atoms with Gasteiger partial charge in [-0.15, -0.1) is 0 Å². The van der Waals surface area contributed by atoms with Crippen LogP contribution in [0, 0.1) is 5.41 Å². The molecule has 4 nitrogen and oxygen atoms in total. The fourth-order valence-corrected chi connectivity index (χ4v) is 2.13. The molecule has 0 heterocycles. The van der Waals surface area contributed by atoms with Crippen molar-refractivity contribution in [1.29, 1.82) is 0 Å². The predicted molar refractivity (Wildman–Crippen MR) is 62.1 cm³/mol. The maximum atomic E-state index is 11.4. The number of hydrogen-bond acceptors (Lipinski definition) is 3. The van der Waals surface area contributed by atoms with Gasteiger partial charge in [0.05, 0.1) is 6.10 Å². The van der Waals surface area contributed by atoms with Gasteiger partial charge >= 0.3 is 0 Å². The van der Waals surface area contributed by atoms with Crippen molar-refractivity contribution >= 4 is 5.91 Å². The van der Waals surface area contributed by atoms with Gasteiger partial charge in [0.25, 0.3) is 0 Å². The Morgan fingerprint density at radius 3 is 2.94 bits per heavy atom. The van der Waals surface area contributed by atoms with Crippen LogP contribution in [0.2, 0.25) is 0 Å². The number of amides is 1. The maximum absolute atomic E-state index is 11.4. The quantitative estimate of drug-likeness (QED) is 0.741. The van der Waals surface area contributed by atoms with Gasteiger partial charge in [-0.1, -0.05) is 19.8 Å². The minimum Gasteiger partial charge on any atom is -0.392 e. The van der Waals surface area contributed by atoms with Gasteiger partial charge in [-0.05, 0) is 19.8 Å². The molecule has 0 aromatic heterocycles. The van der Waals surface area contributed by atoms with E-state index in [1.165, 1.54) is 0 Å². The van der Waals surface area contributed by atoms with Gasteiger partial charge in [-0.2, -0.15) is 0 Å². The zero-order valence-corrected chi connectivity index (χ0v) is 10.3. The second-order valence-electron chi connectivity index (χ2n) is 4.83. The first-order valence-electron chi connectivity index (χ1n) is 6.11. The molecule has 0 saturated heterocycles. The molecular weight excluding hydrogens is 206 g/mol. The summed E-state index contributed by atoms with van der Waals surface area (Å²) in [6.45, 7) is 5.10. The summed E-state index contributed by atoms with van der Waals surface area (Å²) in [6.07, 6.45) is 3.74. The summed E-state index contributed by atoms with van der Waals surface area (Å²) in [7, 11) is 0. The van der Waals surface area contributed by atoms with Gasteiger partial charge in [-0.3, -0.25) is 4.79 Å². The molecule has 0 aromatic rings. The molecule has 0 unspecified atom stereocenters. The molecule has 0 bridgehead atoms. The molecule has 0 aliphatic heterocycles. The van der Waals surface area contributed by atoms with Crippen molar-refractivity contribution in [3.8, 4) is 0 Å². The molecule has 0 aromatic carbocycles. The average Bonchev–Trinajstić information content (AvgIpc) is 2.28. The summed E-state index contributed by atoms with van der Waals surface area (Å²) in [5.74, 6) is -0.0964. The normalized spacial score (nSPS) is 30.1. The van der Waals surface area contributed by atoms with E-state index in [0.29, 0.717) is 13.2 Å². The third-order valence-corrected chi connectivity index (χ3v) is 3.41. The maximum Gasteiger partial charge on any atom is 0.246 e. The van der Waals surface area contributed by atoms with Gasteiger partial charge in [0.2, 0.25) is 5.91 Å². The number of hydrogen-bond donors (Lipinski definition) is 2. The van der Waals surface area contributed by atoms with Gasteiger partial charge in [0.15, 0.2) is 0 Å². The van der Waals surface area contributed by atoms with Crippen LogP contribution >= 0.6 is 0 Å². The number of aliphatic hydroxyl groups is 1. The minimum atomic E-state index is -0.298. The number of carbonyl (C=O) groups excluding carboxylic acids is 1. The summed E-state index contributed by atoms with van der Waals surface area (Å²) in [5.41, 5.74) is -0.167. The Morgan fingerprint density at radius 2 is 2.31 bits per heavy atom. The molecule has 1 saturated carbocycles. The van der Waals surface area contributed by atoms with E-state index in [0.717, 1.165) is 25.7 Å². The Labute approximate surface area is 97.4 Å². The highest BCUT2D eigenvalue weighted by Gasteiger charge is 2.35. The minimum absolute atomic E-state index is 0.0964. The fourth-order valence-electron chi connectivity index (χ4n) is 2.13. The molecule has 2 N–H and O–H groups in total. The van der Waals surface area contributed by atoms with Gasteiger partial charge in [0.1, 0.15) is 6.61 Å². The number of nitrogens with one attached hydrogen (secondary N) is 1. The van der Waals surface area contributed by atoms with Crippen molar-refractivity contribution in [2.24, 2.45) is 5.41 Å². The van der Waals surface area contributed by atoms with E-state index < -0.39 is 0 Å². The third kappa shape index (κ3) is 3.76. The molecule has 16 heavy (non-hydrogen) atoms. The average molecular weight is 229 g/mol. The highest BCUT2D eigenvalue weighted by Crippen LogP contribution is 2.35. The fraction of sp³-hybridized carbons (Fsp3) is 0.917. The number of rotatable bonds is 5. The molecular formula is C12H23NO3. The molecule has 0 radical (unpaired) electrons. The molecule has 1 rings (SSSR count). The zero-order valence-electron chi connectivity index (χ0n) is 10.3. The Balaban J connectivity index is 2.32. The topological polar surface area (TPSA) is 58.6 Å². The largest absolute Gasteiger partial charge is 0.392 e. The van der Waals surface area contributed by atoms with Crippen LogP contribution in [0.3, 0.4) is 0 Å². The van der Waals surface area contributed by atoms with E-state index in [-0.39, 0.29) is 24.0 Å². The lowest BCUT2D eigenvalue weighted by Gasteiger charge is -2.38. The van der Waals surface area contributed by atoms with Crippen LogP contribution in [-0.4, -0.2) is 36.9 Å². The summed E-state index contributed by atoms with van der Waals surface area (Å²) in [5, 5.41) is 12.8. The summed E-state index contributed by atoms with van der Waals surface area (Å²) in [4.78, 5) is 11.4. The van der Waals surface area contributed by atoms with E-state index in [1.54, 1.807) is 0 Å². The molecule has 4 heteroatoms. The Kier molecular flexibility index (Phi) is 5.22. The van der Waals surface area contributed by atoms with Crippen LogP contribution in [0.5, 0.6) is 0 Å². The number of carbonyl (C=O) groups is 1. The van der Waals surface area contributed by atoms with Crippen molar-refractivity contribution in [3.63, 3.8) is 0 Å². The molecule has 1 amide bonds. The van der Waals surface area contributed by atoms with E-state index in [2.05, 4.69) is 5.32 Å². The SMILES string of the molecule is CCOCC(=O)NC[C@]1(C)CCCC[C@H]1O.